The first-order valence-electron chi connectivity index (χ1n) is 7.32. The number of ether oxygens (including phenoxy) is 1. The van der Waals surface area contributed by atoms with Gasteiger partial charge in [-0.05, 0) is 58.7 Å². The van der Waals surface area contributed by atoms with Crippen molar-refractivity contribution >= 4 is 21.9 Å². The molecule has 0 amide bonds. The van der Waals surface area contributed by atoms with Crippen LogP contribution >= 0.6 is 15.9 Å². The van der Waals surface area contributed by atoms with E-state index in [1.165, 1.54) is 12.8 Å². The van der Waals surface area contributed by atoms with Gasteiger partial charge < -0.3 is 4.74 Å². The van der Waals surface area contributed by atoms with E-state index >= 15 is 0 Å². The van der Waals surface area contributed by atoms with Gasteiger partial charge in [-0.3, -0.25) is 0 Å². The molecule has 3 atom stereocenters. The van der Waals surface area contributed by atoms with Crippen molar-refractivity contribution in [1.82, 2.24) is 0 Å². The highest BCUT2D eigenvalue weighted by Gasteiger charge is 2.62. The Kier molecular flexibility index (Phi) is 3.24. The minimum Gasteiger partial charge on any atom is -0.458 e. The summed E-state index contributed by atoms with van der Waals surface area (Å²) in [5.41, 5.74) is 1.01. The Balaban J connectivity index is 1.81. The van der Waals surface area contributed by atoms with Crippen LogP contribution in [-0.2, 0) is 4.74 Å². The van der Waals surface area contributed by atoms with Crippen molar-refractivity contribution in [1.29, 1.82) is 0 Å². The molecule has 20 heavy (non-hydrogen) atoms. The molecule has 1 aromatic rings. The molecule has 2 aliphatic carbocycles. The molecule has 2 aliphatic rings. The van der Waals surface area contributed by atoms with E-state index in [-0.39, 0.29) is 22.9 Å². The standard InChI is InChI=1S/C17H21BrO2/c1-16(2)11-8-9-17(16,3)14(10-11)20-15(19)12-6-4-5-7-13(12)18/h4-7,11,14H,8-10H2,1-3H3. The van der Waals surface area contributed by atoms with Gasteiger partial charge in [0.2, 0.25) is 0 Å². The summed E-state index contributed by atoms with van der Waals surface area (Å²) in [6.07, 6.45) is 3.50. The molecule has 1 aromatic carbocycles. The summed E-state index contributed by atoms with van der Waals surface area (Å²) in [5, 5.41) is 0. The fourth-order valence-corrected chi connectivity index (χ4v) is 4.57. The van der Waals surface area contributed by atoms with E-state index in [4.69, 9.17) is 4.74 Å². The summed E-state index contributed by atoms with van der Waals surface area (Å²) < 4.78 is 6.69. The fourth-order valence-electron chi connectivity index (χ4n) is 4.13. The van der Waals surface area contributed by atoms with Gasteiger partial charge in [-0.1, -0.05) is 32.9 Å². The lowest BCUT2D eigenvalue weighted by Gasteiger charge is -2.38. The topological polar surface area (TPSA) is 26.3 Å². The Morgan fingerprint density at radius 2 is 2.00 bits per heavy atom. The van der Waals surface area contributed by atoms with Crippen LogP contribution in [0.3, 0.4) is 0 Å². The molecular weight excluding hydrogens is 316 g/mol. The lowest BCUT2D eigenvalue weighted by Crippen LogP contribution is -2.38. The monoisotopic (exact) mass is 336 g/mol. The molecule has 2 nitrogen and oxygen atoms in total. The number of hydrogen-bond acceptors (Lipinski definition) is 2. The largest absolute Gasteiger partial charge is 0.458 e. The third kappa shape index (κ3) is 1.86. The summed E-state index contributed by atoms with van der Waals surface area (Å²) >= 11 is 3.42. The summed E-state index contributed by atoms with van der Waals surface area (Å²) in [6.45, 7) is 6.95. The van der Waals surface area contributed by atoms with Gasteiger partial charge in [-0.2, -0.15) is 0 Å². The molecule has 3 rings (SSSR count). The van der Waals surface area contributed by atoms with Gasteiger partial charge in [0.1, 0.15) is 6.10 Å². The summed E-state index contributed by atoms with van der Waals surface area (Å²) in [5.74, 6) is 0.483. The molecule has 0 spiro atoms. The Hall–Kier alpha value is -0.830. The molecule has 2 saturated carbocycles. The molecule has 3 heteroatoms. The van der Waals surface area contributed by atoms with Crippen molar-refractivity contribution in [2.45, 2.75) is 46.1 Å². The molecule has 2 bridgehead atoms. The molecule has 0 heterocycles. The Bertz CT molecular complexity index is 552. The normalized spacial score (nSPS) is 34.2. The maximum absolute atomic E-state index is 12.4. The zero-order valence-corrected chi connectivity index (χ0v) is 13.9. The number of fused-ring (bicyclic) bond motifs is 2. The Morgan fingerprint density at radius 3 is 2.55 bits per heavy atom. The zero-order valence-electron chi connectivity index (χ0n) is 12.3. The van der Waals surface area contributed by atoms with Crippen molar-refractivity contribution in [2.24, 2.45) is 16.7 Å². The second-order valence-corrected chi connectivity index (χ2v) is 7.84. The number of carbonyl (C=O) groups excluding carboxylic acids is 1. The number of benzene rings is 1. The molecule has 0 radical (unpaired) electrons. The van der Waals surface area contributed by atoms with Crippen molar-refractivity contribution in [3.63, 3.8) is 0 Å². The Labute approximate surface area is 129 Å². The van der Waals surface area contributed by atoms with E-state index in [2.05, 4.69) is 36.7 Å². The minimum absolute atomic E-state index is 0.0517. The molecule has 2 fully saturated rings. The summed E-state index contributed by atoms with van der Waals surface area (Å²) in [4.78, 5) is 12.4. The van der Waals surface area contributed by atoms with Crippen LogP contribution < -0.4 is 0 Å². The molecular formula is C17H21BrO2. The van der Waals surface area contributed by atoms with Crippen LogP contribution in [0.4, 0.5) is 0 Å². The predicted molar refractivity (Wildman–Crippen MR) is 82.6 cm³/mol. The maximum Gasteiger partial charge on any atom is 0.339 e. The number of esters is 1. The lowest BCUT2D eigenvalue weighted by molar-refractivity contribution is -0.0243. The molecule has 0 aliphatic heterocycles. The second-order valence-electron chi connectivity index (χ2n) is 6.98. The van der Waals surface area contributed by atoms with Crippen molar-refractivity contribution in [3.8, 4) is 0 Å². The predicted octanol–water partition coefficient (Wildman–Crippen LogP) is 4.82. The molecule has 0 saturated heterocycles. The lowest BCUT2D eigenvalue weighted by atomic mass is 9.70. The van der Waals surface area contributed by atoms with E-state index < -0.39 is 0 Å². The molecule has 0 aromatic heterocycles. The van der Waals surface area contributed by atoms with Crippen LogP contribution in [0, 0.1) is 16.7 Å². The van der Waals surface area contributed by atoms with Crippen molar-refractivity contribution in [2.75, 3.05) is 0 Å². The first-order chi connectivity index (χ1) is 9.36. The van der Waals surface area contributed by atoms with Crippen LogP contribution in [-0.4, -0.2) is 12.1 Å². The number of rotatable bonds is 2. The first-order valence-corrected chi connectivity index (χ1v) is 8.11. The van der Waals surface area contributed by atoms with Crippen molar-refractivity contribution < 1.29 is 9.53 Å². The quantitative estimate of drug-likeness (QED) is 0.723. The first kappa shape index (κ1) is 14.1. The Morgan fingerprint density at radius 1 is 1.30 bits per heavy atom. The van der Waals surface area contributed by atoms with E-state index in [0.717, 1.165) is 10.9 Å². The SMILES string of the molecule is CC1(C)C2CCC1(C)C(OC(=O)c1ccccc1Br)C2. The second kappa shape index (κ2) is 4.59. The van der Waals surface area contributed by atoms with Gasteiger partial charge in [0.05, 0.1) is 5.56 Å². The summed E-state index contributed by atoms with van der Waals surface area (Å²) in [7, 11) is 0. The highest BCUT2D eigenvalue weighted by Crippen LogP contribution is 2.66. The van der Waals surface area contributed by atoms with Gasteiger partial charge >= 0.3 is 5.97 Å². The average molecular weight is 337 g/mol. The van der Waals surface area contributed by atoms with E-state index in [1.54, 1.807) is 0 Å². The van der Waals surface area contributed by atoms with Crippen LogP contribution in [0.2, 0.25) is 0 Å². The number of carbonyl (C=O) groups is 1. The third-order valence-corrected chi connectivity index (χ3v) is 6.75. The zero-order chi connectivity index (χ0) is 14.5. The van der Waals surface area contributed by atoms with Crippen LogP contribution in [0.5, 0.6) is 0 Å². The number of hydrogen-bond donors (Lipinski definition) is 0. The van der Waals surface area contributed by atoms with E-state index in [1.807, 2.05) is 24.3 Å². The summed E-state index contributed by atoms with van der Waals surface area (Å²) in [6, 6.07) is 7.47. The molecule has 3 unspecified atom stereocenters. The number of halogens is 1. The molecule has 108 valence electrons. The smallest absolute Gasteiger partial charge is 0.339 e. The van der Waals surface area contributed by atoms with Crippen LogP contribution in [0.15, 0.2) is 28.7 Å². The van der Waals surface area contributed by atoms with Crippen molar-refractivity contribution in [3.05, 3.63) is 34.3 Å². The van der Waals surface area contributed by atoms with E-state index in [0.29, 0.717) is 11.5 Å². The van der Waals surface area contributed by atoms with Gasteiger partial charge in [0, 0.05) is 9.89 Å². The van der Waals surface area contributed by atoms with Crippen LogP contribution in [0.1, 0.15) is 50.4 Å². The van der Waals surface area contributed by atoms with Gasteiger partial charge in [-0.25, -0.2) is 4.79 Å². The minimum atomic E-state index is -0.202. The maximum atomic E-state index is 12.4. The average Bonchev–Trinajstić information content (AvgIpc) is 2.72. The fraction of sp³-hybridized carbons (Fsp3) is 0.588. The molecule has 0 N–H and O–H groups in total. The van der Waals surface area contributed by atoms with Gasteiger partial charge in [-0.15, -0.1) is 0 Å². The van der Waals surface area contributed by atoms with Gasteiger partial charge in [0.15, 0.2) is 0 Å². The van der Waals surface area contributed by atoms with Crippen LogP contribution in [0.25, 0.3) is 0 Å². The highest BCUT2D eigenvalue weighted by molar-refractivity contribution is 9.10. The van der Waals surface area contributed by atoms with Gasteiger partial charge in [0.25, 0.3) is 0 Å². The third-order valence-electron chi connectivity index (χ3n) is 6.06. The van der Waals surface area contributed by atoms with E-state index in [9.17, 15) is 4.79 Å². The highest BCUT2D eigenvalue weighted by atomic mass is 79.9.